The molecule has 0 bridgehead atoms. The highest BCUT2D eigenvalue weighted by molar-refractivity contribution is 5.27. The Labute approximate surface area is 111 Å². The van der Waals surface area contributed by atoms with Crippen molar-refractivity contribution in [3.8, 4) is 0 Å². The van der Waals surface area contributed by atoms with E-state index in [1.54, 1.807) is 0 Å². The molecule has 0 aliphatic carbocycles. The largest absolute Gasteiger partial charge is 0.347 e. The molecule has 0 amide bonds. The maximum atomic E-state index is 4.58. The van der Waals surface area contributed by atoms with Crippen molar-refractivity contribution >= 4 is 5.95 Å². The van der Waals surface area contributed by atoms with Gasteiger partial charge in [0.15, 0.2) is 0 Å². The van der Waals surface area contributed by atoms with Crippen LogP contribution in [0.1, 0.15) is 32.9 Å². The highest BCUT2D eigenvalue weighted by atomic mass is 15.2. The van der Waals surface area contributed by atoms with Crippen LogP contribution in [0.15, 0.2) is 12.3 Å². The van der Waals surface area contributed by atoms with Gasteiger partial charge >= 0.3 is 0 Å². The predicted molar refractivity (Wildman–Crippen MR) is 77.0 cm³/mol. The third-order valence-electron chi connectivity index (χ3n) is 2.80. The second-order valence-electron chi connectivity index (χ2n) is 5.33. The second kappa shape index (κ2) is 7.31. The van der Waals surface area contributed by atoms with Gasteiger partial charge in [-0.05, 0) is 24.9 Å². The van der Waals surface area contributed by atoms with Gasteiger partial charge in [0.05, 0.1) is 0 Å². The van der Waals surface area contributed by atoms with Gasteiger partial charge in [0.25, 0.3) is 0 Å². The Bertz CT molecular complexity index is 349. The number of hydrogen-bond acceptors (Lipinski definition) is 4. The number of aromatic nitrogens is 2. The highest BCUT2D eigenvalue weighted by Gasteiger charge is 2.12. The van der Waals surface area contributed by atoms with Crippen LogP contribution in [0.2, 0.25) is 0 Å². The number of anilines is 1. The van der Waals surface area contributed by atoms with E-state index in [9.17, 15) is 0 Å². The van der Waals surface area contributed by atoms with Crippen molar-refractivity contribution in [2.75, 3.05) is 25.5 Å². The van der Waals surface area contributed by atoms with E-state index in [-0.39, 0.29) is 0 Å². The molecule has 4 heteroatoms. The van der Waals surface area contributed by atoms with Crippen LogP contribution in [0.3, 0.4) is 0 Å². The average molecular weight is 250 g/mol. The fraction of sp³-hybridized carbons (Fsp3) is 0.714. The lowest BCUT2D eigenvalue weighted by Gasteiger charge is -2.20. The molecule has 1 rings (SSSR count). The zero-order valence-corrected chi connectivity index (χ0v) is 12.3. The molecule has 0 spiro atoms. The SMILES string of the molecule is CCNC(Cc1ccnc(N(C)C)n1)CC(C)C. The maximum absolute atomic E-state index is 4.58. The molecule has 0 saturated carbocycles. The summed E-state index contributed by atoms with van der Waals surface area (Å²) in [5.41, 5.74) is 1.11. The fourth-order valence-electron chi connectivity index (χ4n) is 2.06. The molecule has 0 radical (unpaired) electrons. The van der Waals surface area contributed by atoms with E-state index in [1.807, 2.05) is 31.3 Å². The molecule has 1 aromatic heterocycles. The Morgan fingerprint density at radius 3 is 2.61 bits per heavy atom. The third-order valence-corrected chi connectivity index (χ3v) is 2.80. The van der Waals surface area contributed by atoms with Crippen molar-refractivity contribution in [3.05, 3.63) is 18.0 Å². The Morgan fingerprint density at radius 1 is 1.33 bits per heavy atom. The summed E-state index contributed by atoms with van der Waals surface area (Å²) in [6.07, 6.45) is 3.99. The van der Waals surface area contributed by atoms with Gasteiger partial charge in [-0.25, -0.2) is 9.97 Å². The van der Waals surface area contributed by atoms with Crippen LogP contribution < -0.4 is 10.2 Å². The number of rotatable bonds is 7. The van der Waals surface area contributed by atoms with Gasteiger partial charge in [-0.2, -0.15) is 0 Å². The molecule has 0 aromatic carbocycles. The smallest absolute Gasteiger partial charge is 0.224 e. The van der Waals surface area contributed by atoms with Crippen LogP contribution in [0, 0.1) is 5.92 Å². The highest BCUT2D eigenvalue weighted by Crippen LogP contribution is 2.11. The molecule has 1 heterocycles. The van der Waals surface area contributed by atoms with E-state index in [0.717, 1.165) is 24.6 Å². The molecule has 1 atom stereocenters. The first-order chi connectivity index (χ1) is 8.52. The molecule has 0 aliphatic heterocycles. The van der Waals surface area contributed by atoms with Crippen LogP contribution in [-0.4, -0.2) is 36.6 Å². The van der Waals surface area contributed by atoms with E-state index in [0.29, 0.717) is 12.0 Å². The minimum atomic E-state index is 0.500. The van der Waals surface area contributed by atoms with Gasteiger partial charge in [0.2, 0.25) is 5.95 Å². The van der Waals surface area contributed by atoms with Gasteiger partial charge in [-0.15, -0.1) is 0 Å². The van der Waals surface area contributed by atoms with Crippen LogP contribution >= 0.6 is 0 Å². The summed E-state index contributed by atoms with van der Waals surface area (Å²) in [7, 11) is 3.93. The van der Waals surface area contributed by atoms with E-state index < -0.39 is 0 Å². The Kier molecular flexibility index (Phi) is 6.05. The lowest BCUT2D eigenvalue weighted by molar-refractivity contribution is 0.421. The minimum absolute atomic E-state index is 0.500. The van der Waals surface area contributed by atoms with Crippen LogP contribution in [0.25, 0.3) is 0 Å². The monoisotopic (exact) mass is 250 g/mol. The molecular formula is C14H26N4. The predicted octanol–water partition coefficient (Wildman–Crippen LogP) is 2.11. The Balaban J connectivity index is 2.70. The fourth-order valence-corrected chi connectivity index (χ4v) is 2.06. The summed E-state index contributed by atoms with van der Waals surface area (Å²) in [6.45, 7) is 7.67. The molecule has 1 N–H and O–H groups in total. The van der Waals surface area contributed by atoms with Gasteiger partial charge < -0.3 is 10.2 Å². The van der Waals surface area contributed by atoms with Crippen LogP contribution in [-0.2, 0) is 6.42 Å². The van der Waals surface area contributed by atoms with E-state index in [4.69, 9.17) is 0 Å². The van der Waals surface area contributed by atoms with Gasteiger partial charge in [0, 0.05) is 38.4 Å². The summed E-state index contributed by atoms with van der Waals surface area (Å²) in [5, 5.41) is 3.54. The lowest BCUT2D eigenvalue weighted by Crippen LogP contribution is -2.32. The van der Waals surface area contributed by atoms with Crippen LogP contribution in [0.4, 0.5) is 5.95 Å². The Morgan fingerprint density at radius 2 is 2.06 bits per heavy atom. The van der Waals surface area contributed by atoms with E-state index in [2.05, 4.69) is 36.1 Å². The molecule has 0 fully saturated rings. The van der Waals surface area contributed by atoms with Gasteiger partial charge in [-0.1, -0.05) is 20.8 Å². The molecule has 4 nitrogen and oxygen atoms in total. The molecule has 0 aliphatic rings. The van der Waals surface area contributed by atoms with Crippen molar-refractivity contribution in [1.82, 2.24) is 15.3 Å². The van der Waals surface area contributed by atoms with Crippen molar-refractivity contribution in [1.29, 1.82) is 0 Å². The summed E-state index contributed by atoms with van der Waals surface area (Å²) in [4.78, 5) is 10.8. The quantitative estimate of drug-likeness (QED) is 0.804. The average Bonchev–Trinajstić information content (AvgIpc) is 2.28. The summed E-state index contributed by atoms with van der Waals surface area (Å²) >= 11 is 0. The normalized spacial score (nSPS) is 12.8. The zero-order chi connectivity index (χ0) is 13.5. The van der Waals surface area contributed by atoms with Gasteiger partial charge in [-0.3, -0.25) is 0 Å². The standard InChI is InChI=1S/C14H26N4/c1-6-15-13(9-11(2)3)10-12-7-8-16-14(17-12)18(4)5/h7-8,11,13,15H,6,9-10H2,1-5H3. The number of nitrogens with zero attached hydrogens (tertiary/aromatic N) is 3. The summed E-state index contributed by atoms with van der Waals surface area (Å²) in [5.74, 6) is 1.48. The molecule has 102 valence electrons. The summed E-state index contributed by atoms with van der Waals surface area (Å²) in [6, 6.07) is 2.51. The maximum Gasteiger partial charge on any atom is 0.224 e. The van der Waals surface area contributed by atoms with Crippen molar-refractivity contribution in [3.63, 3.8) is 0 Å². The summed E-state index contributed by atoms with van der Waals surface area (Å²) < 4.78 is 0. The molecule has 0 saturated heterocycles. The zero-order valence-electron chi connectivity index (χ0n) is 12.3. The number of hydrogen-bond donors (Lipinski definition) is 1. The van der Waals surface area contributed by atoms with E-state index in [1.165, 1.54) is 6.42 Å². The minimum Gasteiger partial charge on any atom is -0.347 e. The second-order valence-corrected chi connectivity index (χ2v) is 5.33. The third kappa shape index (κ3) is 5.00. The molecule has 1 unspecified atom stereocenters. The Hall–Kier alpha value is -1.16. The molecule has 18 heavy (non-hydrogen) atoms. The number of nitrogens with one attached hydrogen (secondary N) is 1. The first-order valence-electron chi connectivity index (χ1n) is 6.75. The van der Waals surface area contributed by atoms with Crippen LogP contribution in [0.5, 0.6) is 0 Å². The first kappa shape index (κ1) is 14.9. The van der Waals surface area contributed by atoms with Gasteiger partial charge in [0.1, 0.15) is 0 Å². The topological polar surface area (TPSA) is 41.1 Å². The van der Waals surface area contributed by atoms with Crippen molar-refractivity contribution < 1.29 is 0 Å². The molecular weight excluding hydrogens is 224 g/mol. The number of likely N-dealkylation sites (N-methyl/N-ethyl adjacent to an activating group) is 1. The molecule has 1 aromatic rings. The first-order valence-corrected chi connectivity index (χ1v) is 6.75. The van der Waals surface area contributed by atoms with E-state index >= 15 is 0 Å². The lowest BCUT2D eigenvalue weighted by atomic mass is 9.99. The van der Waals surface area contributed by atoms with Crippen molar-refractivity contribution in [2.24, 2.45) is 5.92 Å². The van der Waals surface area contributed by atoms with Crippen molar-refractivity contribution in [2.45, 2.75) is 39.7 Å².